The zero-order chi connectivity index (χ0) is 13.1. The molecule has 0 radical (unpaired) electrons. The van der Waals surface area contributed by atoms with Crippen molar-refractivity contribution in [3.8, 4) is 0 Å². The van der Waals surface area contributed by atoms with E-state index in [1.807, 2.05) is 25.0 Å². The second-order valence-corrected chi connectivity index (χ2v) is 6.47. The van der Waals surface area contributed by atoms with Gasteiger partial charge in [0.25, 0.3) is 0 Å². The lowest BCUT2D eigenvalue weighted by atomic mass is 9.90. The Labute approximate surface area is 109 Å². The molecule has 4 heteroatoms. The predicted octanol–water partition coefficient (Wildman–Crippen LogP) is 2.26. The summed E-state index contributed by atoms with van der Waals surface area (Å²) >= 11 is 1.73. The highest BCUT2D eigenvalue weighted by molar-refractivity contribution is 7.98. The standard InChI is InChI=1S/C13H25NO2S/c1-10-6-7-14(8-11(10)16-4)12(15)13(2,3)9-17-5/h10-11H,6-9H2,1-5H3. The van der Waals surface area contributed by atoms with Crippen LogP contribution in [-0.4, -0.2) is 49.1 Å². The molecule has 1 amide bonds. The smallest absolute Gasteiger partial charge is 0.229 e. The first kappa shape index (κ1) is 14.8. The summed E-state index contributed by atoms with van der Waals surface area (Å²) in [6, 6.07) is 0. The van der Waals surface area contributed by atoms with E-state index in [-0.39, 0.29) is 17.4 Å². The number of hydrogen-bond donors (Lipinski definition) is 0. The molecule has 0 spiro atoms. The van der Waals surface area contributed by atoms with Crippen LogP contribution in [0.4, 0.5) is 0 Å². The van der Waals surface area contributed by atoms with Crippen molar-refractivity contribution >= 4 is 17.7 Å². The van der Waals surface area contributed by atoms with Crippen molar-refractivity contribution in [1.82, 2.24) is 4.90 Å². The van der Waals surface area contributed by atoms with Gasteiger partial charge >= 0.3 is 0 Å². The monoisotopic (exact) mass is 259 g/mol. The van der Waals surface area contributed by atoms with Gasteiger partial charge in [0.1, 0.15) is 0 Å². The van der Waals surface area contributed by atoms with Gasteiger partial charge in [-0.05, 0) is 18.6 Å². The van der Waals surface area contributed by atoms with Crippen LogP contribution in [0.2, 0.25) is 0 Å². The van der Waals surface area contributed by atoms with Gasteiger partial charge in [-0.2, -0.15) is 11.8 Å². The molecule has 0 bridgehead atoms. The van der Waals surface area contributed by atoms with Crippen LogP contribution in [0.15, 0.2) is 0 Å². The number of piperidine rings is 1. The maximum absolute atomic E-state index is 12.4. The average Bonchev–Trinajstić information content (AvgIpc) is 2.28. The van der Waals surface area contributed by atoms with Crippen molar-refractivity contribution in [1.29, 1.82) is 0 Å². The van der Waals surface area contributed by atoms with E-state index in [0.29, 0.717) is 5.92 Å². The van der Waals surface area contributed by atoms with Gasteiger partial charge in [0.2, 0.25) is 5.91 Å². The molecule has 1 rings (SSSR count). The lowest BCUT2D eigenvalue weighted by molar-refractivity contribution is -0.144. The Balaban J connectivity index is 2.64. The van der Waals surface area contributed by atoms with Gasteiger partial charge in [-0.1, -0.05) is 20.8 Å². The van der Waals surface area contributed by atoms with Crippen LogP contribution in [-0.2, 0) is 9.53 Å². The number of thioether (sulfide) groups is 1. The molecule has 100 valence electrons. The molecule has 1 fully saturated rings. The van der Waals surface area contributed by atoms with Gasteiger partial charge < -0.3 is 9.64 Å². The van der Waals surface area contributed by atoms with Crippen LogP contribution in [0.25, 0.3) is 0 Å². The van der Waals surface area contributed by atoms with E-state index in [2.05, 4.69) is 6.92 Å². The highest BCUT2D eigenvalue weighted by atomic mass is 32.2. The summed E-state index contributed by atoms with van der Waals surface area (Å²) in [4.78, 5) is 14.4. The third-order valence-electron chi connectivity index (χ3n) is 3.56. The predicted molar refractivity (Wildman–Crippen MR) is 73.3 cm³/mol. The van der Waals surface area contributed by atoms with E-state index >= 15 is 0 Å². The topological polar surface area (TPSA) is 29.5 Å². The minimum absolute atomic E-state index is 0.192. The molecule has 1 aliphatic rings. The fourth-order valence-electron chi connectivity index (χ4n) is 2.38. The van der Waals surface area contributed by atoms with Crippen LogP contribution in [0.5, 0.6) is 0 Å². The van der Waals surface area contributed by atoms with Crippen LogP contribution < -0.4 is 0 Å². The molecular formula is C13H25NO2S. The van der Waals surface area contributed by atoms with Gasteiger partial charge in [-0.3, -0.25) is 4.79 Å². The summed E-state index contributed by atoms with van der Waals surface area (Å²) in [5.41, 5.74) is -0.266. The first-order chi connectivity index (χ1) is 7.92. The molecule has 17 heavy (non-hydrogen) atoms. The van der Waals surface area contributed by atoms with Crippen molar-refractivity contribution in [2.75, 3.05) is 32.2 Å². The molecule has 0 aromatic rings. The van der Waals surface area contributed by atoms with Gasteiger partial charge in [0.15, 0.2) is 0 Å². The van der Waals surface area contributed by atoms with Crippen molar-refractivity contribution in [2.24, 2.45) is 11.3 Å². The quantitative estimate of drug-likeness (QED) is 0.775. The van der Waals surface area contributed by atoms with Gasteiger partial charge in [0, 0.05) is 26.0 Å². The fourth-order valence-corrected chi connectivity index (χ4v) is 3.22. The molecule has 0 N–H and O–H groups in total. The number of ether oxygens (including phenoxy) is 1. The summed E-state index contributed by atoms with van der Waals surface area (Å²) < 4.78 is 5.46. The summed E-state index contributed by atoms with van der Waals surface area (Å²) in [5.74, 6) is 1.68. The Morgan fingerprint density at radius 2 is 2.18 bits per heavy atom. The van der Waals surface area contributed by atoms with Gasteiger partial charge in [0.05, 0.1) is 11.5 Å². The van der Waals surface area contributed by atoms with Gasteiger partial charge in [-0.25, -0.2) is 0 Å². The lowest BCUT2D eigenvalue weighted by Gasteiger charge is -2.39. The van der Waals surface area contributed by atoms with Crippen molar-refractivity contribution < 1.29 is 9.53 Å². The number of likely N-dealkylation sites (tertiary alicyclic amines) is 1. The fraction of sp³-hybridized carbons (Fsp3) is 0.923. The average molecular weight is 259 g/mol. The number of amides is 1. The van der Waals surface area contributed by atoms with E-state index in [4.69, 9.17) is 4.74 Å². The van der Waals surface area contributed by atoms with E-state index < -0.39 is 0 Å². The second kappa shape index (κ2) is 6.10. The Bertz CT molecular complexity index is 268. The van der Waals surface area contributed by atoms with E-state index in [1.54, 1.807) is 18.9 Å². The van der Waals surface area contributed by atoms with Crippen LogP contribution in [0.1, 0.15) is 27.2 Å². The second-order valence-electron chi connectivity index (χ2n) is 5.61. The van der Waals surface area contributed by atoms with E-state index in [9.17, 15) is 4.79 Å². The molecule has 3 nitrogen and oxygen atoms in total. The van der Waals surface area contributed by atoms with Crippen molar-refractivity contribution in [3.05, 3.63) is 0 Å². The van der Waals surface area contributed by atoms with Crippen LogP contribution >= 0.6 is 11.8 Å². The Hall–Kier alpha value is -0.220. The summed E-state index contributed by atoms with van der Waals surface area (Å²) in [5, 5.41) is 0. The van der Waals surface area contributed by atoms with E-state index in [0.717, 1.165) is 25.3 Å². The summed E-state index contributed by atoms with van der Waals surface area (Å²) in [6.07, 6.45) is 3.28. The minimum atomic E-state index is -0.266. The normalized spacial score (nSPS) is 26.1. The molecule has 1 aliphatic heterocycles. The zero-order valence-corrected chi connectivity index (χ0v) is 12.5. The molecule has 1 saturated heterocycles. The molecule has 0 aliphatic carbocycles. The number of hydrogen-bond acceptors (Lipinski definition) is 3. The minimum Gasteiger partial charge on any atom is -0.379 e. The van der Waals surface area contributed by atoms with Crippen LogP contribution in [0.3, 0.4) is 0 Å². The lowest BCUT2D eigenvalue weighted by Crippen LogP contribution is -2.51. The number of carbonyl (C=O) groups is 1. The highest BCUT2D eigenvalue weighted by Crippen LogP contribution is 2.27. The Morgan fingerprint density at radius 3 is 2.71 bits per heavy atom. The number of carbonyl (C=O) groups excluding carboxylic acids is 1. The number of nitrogens with zero attached hydrogens (tertiary/aromatic N) is 1. The third kappa shape index (κ3) is 3.62. The van der Waals surface area contributed by atoms with Gasteiger partial charge in [-0.15, -0.1) is 0 Å². The highest BCUT2D eigenvalue weighted by Gasteiger charge is 2.36. The maximum atomic E-state index is 12.4. The molecule has 1 heterocycles. The molecule has 2 unspecified atom stereocenters. The zero-order valence-electron chi connectivity index (χ0n) is 11.7. The molecule has 0 aromatic heterocycles. The number of rotatable bonds is 4. The van der Waals surface area contributed by atoms with Crippen molar-refractivity contribution in [2.45, 2.75) is 33.3 Å². The largest absolute Gasteiger partial charge is 0.379 e. The Kier molecular flexibility index (Phi) is 5.32. The third-order valence-corrected chi connectivity index (χ3v) is 4.57. The van der Waals surface area contributed by atoms with Crippen LogP contribution in [0, 0.1) is 11.3 Å². The van der Waals surface area contributed by atoms with E-state index in [1.165, 1.54) is 0 Å². The number of methoxy groups -OCH3 is 1. The molecular weight excluding hydrogens is 234 g/mol. The summed E-state index contributed by atoms with van der Waals surface area (Å²) in [6.45, 7) is 7.88. The molecule has 0 aromatic carbocycles. The first-order valence-electron chi connectivity index (χ1n) is 6.23. The SMILES string of the molecule is COC1CN(C(=O)C(C)(C)CSC)CCC1C. The molecule has 0 saturated carbocycles. The maximum Gasteiger partial charge on any atom is 0.229 e. The summed E-state index contributed by atoms with van der Waals surface area (Å²) in [7, 11) is 1.74. The van der Waals surface area contributed by atoms with Crippen molar-refractivity contribution in [3.63, 3.8) is 0 Å². The first-order valence-corrected chi connectivity index (χ1v) is 7.63. The Morgan fingerprint density at radius 1 is 1.53 bits per heavy atom. The molecule has 2 atom stereocenters.